The largest absolute Gasteiger partial charge is 0.507 e. The standard InChI is InChI=1S/C37H34ClN5O4/c1-41-17-18-43(37(46)47-22-32-28-9-5-3-7-26(28)27-8-4-6-10-29(27)32)33(21-41)36(45)39-25-14-11-23(12-15-25)31-20-42(2)40-35(31)30-19-24(38)13-16-34(30)44/h3-16,19-20,32-33,44H,17-18,21-22H2,1-2H3,(H,39,45)/t33-/m0/s1. The zero-order valence-corrected chi connectivity index (χ0v) is 26.8. The highest BCUT2D eigenvalue weighted by Crippen LogP contribution is 2.44. The molecule has 1 saturated heterocycles. The maximum Gasteiger partial charge on any atom is 0.410 e. The van der Waals surface area contributed by atoms with Gasteiger partial charge in [-0.25, -0.2) is 4.79 Å². The van der Waals surface area contributed by atoms with E-state index in [0.29, 0.717) is 41.6 Å². The molecule has 7 rings (SSSR count). The number of hydrogen-bond donors (Lipinski definition) is 2. The monoisotopic (exact) mass is 647 g/mol. The molecule has 2 N–H and O–H groups in total. The molecule has 1 aromatic heterocycles. The molecule has 2 heterocycles. The lowest BCUT2D eigenvalue weighted by atomic mass is 9.98. The van der Waals surface area contributed by atoms with E-state index >= 15 is 0 Å². The minimum absolute atomic E-state index is 0.0622. The van der Waals surface area contributed by atoms with E-state index < -0.39 is 12.1 Å². The van der Waals surface area contributed by atoms with Crippen molar-refractivity contribution in [3.8, 4) is 39.3 Å². The third kappa shape index (κ3) is 5.95. The van der Waals surface area contributed by atoms with E-state index in [1.54, 1.807) is 22.9 Å². The summed E-state index contributed by atoms with van der Waals surface area (Å²) < 4.78 is 7.61. The summed E-state index contributed by atoms with van der Waals surface area (Å²) in [4.78, 5) is 30.7. The van der Waals surface area contributed by atoms with Gasteiger partial charge in [-0.3, -0.25) is 14.4 Å². The van der Waals surface area contributed by atoms with Crippen molar-refractivity contribution in [1.82, 2.24) is 19.6 Å². The maximum absolute atomic E-state index is 13.6. The van der Waals surface area contributed by atoms with Crippen LogP contribution in [0.3, 0.4) is 0 Å². The Kier molecular flexibility index (Phi) is 8.17. The number of benzene rings is 4. The van der Waals surface area contributed by atoms with Crippen LogP contribution < -0.4 is 5.32 Å². The smallest absolute Gasteiger partial charge is 0.410 e. The van der Waals surface area contributed by atoms with E-state index in [4.69, 9.17) is 16.3 Å². The maximum atomic E-state index is 13.6. The second-order valence-electron chi connectivity index (χ2n) is 12.1. The van der Waals surface area contributed by atoms with Gasteiger partial charge in [0.1, 0.15) is 24.1 Å². The number of rotatable bonds is 6. The number of nitrogens with one attached hydrogen (secondary N) is 1. The average Bonchev–Trinajstić information content (AvgIpc) is 3.62. The van der Waals surface area contributed by atoms with Gasteiger partial charge < -0.3 is 20.1 Å². The minimum Gasteiger partial charge on any atom is -0.507 e. The van der Waals surface area contributed by atoms with E-state index in [2.05, 4.69) is 34.7 Å². The van der Waals surface area contributed by atoms with Crippen molar-refractivity contribution in [2.75, 3.05) is 38.6 Å². The molecule has 1 aliphatic heterocycles. The summed E-state index contributed by atoms with van der Waals surface area (Å²) in [6.45, 7) is 1.59. The Balaban J connectivity index is 1.05. The first-order valence-electron chi connectivity index (χ1n) is 15.5. The molecule has 1 aliphatic carbocycles. The molecule has 238 valence electrons. The number of anilines is 1. The molecular formula is C37H34ClN5O4. The number of phenols is 1. The van der Waals surface area contributed by atoms with Crippen molar-refractivity contribution in [2.24, 2.45) is 7.05 Å². The van der Waals surface area contributed by atoms with E-state index in [0.717, 1.165) is 33.4 Å². The highest BCUT2D eigenvalue weighted by molar-refractivity contribution is 6.31. The Labute approximate surface area is 278 Å². The Bertz CT molecular complexity index is 1930. The summed E-state index contributed by atoms with van der Waals surface area (Å²) >= 11 is 6.21. The van der Waals surface area contributed by atoms with Crippen molar-refractivity contribution in [3.05, 3.63) is 113 Å². The number of likely N-dealkylation sites (N-methyl/N-ethyl adjacent to an activating group) is 1. The van der Waals surface area contributed by atoms with Crippen LogP contribution in [0.5, 0.6) is 5.75 Å². The quantitative estimate of drug-likeness (QED) is 0.215. The number of aryl methyl sites for hydroxylation is 1. The van der Waals surface area contributed by atoms with Crippen molar-refractivity contribution in [3.63, 3.8) is 0 Å². The van der Waals surface area contributed by atoms with E-state index in [1.807, 2.05) is 73.7 Å². The van der Waals surface area contributed by atoms with Gasteiger partial charge in [0.15, 0.2) is 0 Å². The molecule has 2 aliphatic rings. The molecule has 0 spiro atoms. The molecule has 5 aromatic rings. The molecule has 9 nitrogen and oxygen atoms in total. The first kappa shape index (κ1) is 30.5. The first-order chi connectivity index (χ1) is 22.8. The van der Waals surface area contributed by atoms with Crippen LogP contribution in [0.1, 0.15) is 17.0 Å². The highest BCUT2D eigenvalue weighted by atomic mass is 35.5. The van der Waals surface area contributed by atoms with E-state index in [-0.39, 0.29) is 24.2 Å². The SMILES string of the molecule is CN1CCN(C(=O)OCC2c3ccccc3-c3ccccc32)[C@H](C(=O)Nc2ccc(-c3cn(C)nc3-c3cc(Cl)ccc3O)cc2)C1. The predicted molar refractivity (Wildman–Crippen MR) is 182 cm³/mol. The van der Waals surface area contributed by atoms with Crippen LogP contribution >= 0.6 is 11.6 Å². The van der Waals surface area contributed by atoms with Gasteiger partial charge in [-0.1, -0.05) is 72.3 Å². The first-order valence-corrected chi connectivity index (χ1v) is 15.9. The fraction of sp³-hybridized carbons (Fsp3) is 0.216. The third-order valence-electron chi connectivity index (χ3n) is 8.96. The number of ether oxygens (including phenoxy) is 1. The lowest BCUT2D eigenvalue weighted by Crippen LogP contribution is -2.58. The molecule has 0 radical (unpaired) electrons. The Morgan fingerprint density at radius 1 is 0.894 bits per heavy atom. The number of fused-ring (bicyclic) bond motifs is 3. The zero-order valence-electron chi connectivity index (χ0n) is 26.1. The minimum atomic E-state index is -0.722. The van der Waals surface area contributed by atoms with Crippen molar-refractivity contribution in [1.29, 1.82) is 0 Å². The molecule has 47 heavy (non-hydrogen) atoms. The molecule has 1 atom stereocenters. The molecule has 1 fully saturated rings. The lowest BCUT2D eigenvalue weighted by molar-refractivity contribution is -0.122. The van der Waals surface area contributed by atoms with Gasteiger partial charge in [-0.15, -0.1) is 0 Å². The second-order valence-corrected chi connectivity index (χ2v) is 12.5. The van der Waals surface area contributed by atoms with Crippen LogP contribution in [-0.2, 0) is 16.6 Å². The number of piperazine rings is 1. The van der Waals surface area contributed by atoms with E-state index in [9.17, 15) is 14.7 Å². The van der Waals surface area contributed by atoms with Crippen LogP contribution in [-0.4, -0.2) is 76.0 Å². The summed E-state index contributed by atoms with van der Waals surface area (Å²) in [6.07, 6.45) is 1.37. The van der Waals surface area contributed by atoms with Gasteiger partial charge in [0.05, 0.1) is 0 Å². The van der Waals surface area contributed by atoms with Crippen LogP contribution in [0, 0.1) is 0 Å². The predicted octanol–water partition coefficient (Wildman–Crippen LogP) is 6.62. The fourth-order valence-corrected chi connectivity index (χ4v) is 6.77. The normalized spacial score (nSPS) is 16.1. The van der Waals surface area contributed by atoms with Crippen LogP contribution in [0.4, 0.5) is 10.5 Å². The molecule has 10 heteroatoms. The van der Waals surface area contributed by atoms with Crippen molar-refractivity contribution >= 4 is 29.3 Å². The van der Waals surface area contributed by atoms with Crippen molar-refractivity contribution < 1.29 is 19.4 Å². The van der Waals surface area contributed by atoms with Crippen LogP contribution in [0.15, 0.2) is 97.2 Å². The number of phenolic OH excluding ortho intramolecular Hbond substituents is 1. The second kappa shape index (κ2) is 12.6. The number of carbonyl (C=O) groups is 2. The van der Waals surface area contributed by atoms with Gasteiger partial charge in [-0.05, 0) is 65.2 Å². The Morgan fingerprint density at radius 3 is 2.28 bits per heavy atom. The number of carbonyl (C=O) groups excluding carboxylic acids is 2. The molecular weight excluding hydrogens is 614 g/mol. The van der Waals surface area contributed by atoms with Gasteiger partial charge in [-0.2, -0.15) is 5.10 Å². The van der Waals surface area contributed by atoms with Crippen LogP contribution in [0.2, 0.25) is 5.02 Å². The summed E-state index contributed by atoms with van der Waals surface area (Å²) in [5.74, 6) is -0.270. The number of amides is 2. The molecule has 2 amide bonds. The Morgan fingerprint density at radius 2 is 1.57 bits per heavy atom. The molecule has 0 bridgehead atoms. The number of nitrogens with zero attached hydrogens (tertiary/aromatic N) is 4. The summed E-state index contributed by atoms with van der Waals surface area (Å²) in [5.41, 5.74) is 7.97. The van der Waals surface area contributed by atoms with E-state index in [1.165, 1.54) is 4.90 Å². The fourth-order valence-electron chi connectivity index (χ4n) is 6.59. The molecule has 0 unspecified atom stereocenters. The lowest BCUT2D eigenvalue weighted by Gasteiger charge is -2.38. The van der Waals surface area contributed by atoms with Crippen LogP contribution in [0.25, 0.3) is 33.5 Å². The number of aromatic nitrogens is 2. The summed E-state index contributed by atoms with van der Waals surface area (Å²) in [6, 6.07) is 27.9. The highest BCUT2D eigenvalue weighted by Gasteiger charge is 2.36. The zero-order chi connectivity index (χ0) is 32.7. The summed E-state index contributed by atoms with van der Waals surface area (Å²) in [7, 11) is 3.75. The number of halogens is 1. The molecule has 4 aromatic carbocycles. The van der Waals surface area contributed by atoms with Crippen molar-refractivity contribution in [2.45, 2.75) is 12.0 Å². The third-order valence-corrected chi connectivity index (χ3v) is 9.20. The van der Waals surface area contributed by atoms with Gasteiger partial charge in [0.2, 0.25) is 5.91 Å². The molecule has 0 saturated carbocycles. The number of hydrogen-bond acceptors (Lipinski definition) is 6. The summed E-state index contributed by atoms with van der Waals surface area (Å²) in [5, 5.41) is 18.5. The van der Waals surface area contributed by atoms with Gasteiger partial charge in [0.25, 0.3) is 0 Å². The van der Waals surface area contributed by atoms with Gasteiger partial charge in [0, 0.05) is 60.6 Å². The number of aromatic hydroxyl groups is 1. The topological polar surface area (TPSA) is 99.9 Å². The van der Waals surface area contributed by atoms with Gasteiger partial charge >= 0.3 is 6.09 Å². The average molecular weight is 648 g/mol. The Hall–Kier alpha value is -5.12.